The van der Waals surface area contributed by atoms with Crippen LogP contribution in [0.4, 0.5) is 5.82 Å². The van der Waals surface area contributed by atoms with Crippen LogP contribution in [0.15, 0.2) is 61.0 Å². The summed E-state index contributed by atoms with van der Waals surface area (Å²) in [6, 6.07) is 5.17. The lowest BCUT2D eigenvalue weighted by Gasteiger charge is -2.07. The number of amides is 1. The van der Waals surface area contributed by atoms with E-state index < -0.39 is 30.1 Å². The maximum absolute atomic E-state index is 12.7. The van der Waals surface area contributed by atoms with Crippen molar-refractivity contribution in [3.8, 4) is 11.3 Å². The van der Waals surface area contributed by atoms with Crippen molar-refractivity contribution in [3.05, 3.63) is 71.5 Å². The van der Waals surface area contributed by atoms with E-state index in [4.69, 9.17) is 17.1 Å². The summed E-state index contributed by atoms with van der Waals surface area (Å²) in [6.45, 7) is 0. The normalized spacial score (nSPS) is 13.0. The molecule has 4 aromatic rings. The van der Waals surface area contributed by atoms with Crippen LogP contribution in [0.3, 0.4) is 0 Å². The van der Waals surface area contributed by atoms with Gasteiger partial charge in [0, 0.05) is 18.0 Å². The summed E-state index contributed by atoms with van der Waals surface area (Å²) >= 11 is 6.01. The van der Waals surface area contributed by atoms with Crippen LogP contribution in [0.2, 0.25) is 5.02 Å². The van der Waals surface area contributed by atoms with Gasteiger partial charge >= 0.3 is 0 Å². The van der Waals surface area contributed by atoms with Crippen LogP contribution < -0.4 is 5.32 Å². The van der Waals surface area contributed by atoms with E-state index in [0.29, 0.717) is 5.52 Å². The summed E-state index contributed by atoms with van der Waals surface area (Å²) in [4.78, 5) is 16.8. The number of fused-ring (bicyclic) bond motifs is 1. The molecule has 7 heteroatoms. The highest BCUT2D eigenvalue weighted by Crippen LogP contribution is 2.24. The molecule has 4 rings (SSSR count). The molecule has 0 saturated carbocycles. The maximum atomic E-state index is 12.7. The van der Waals surface area contributed by atoms with Gasteiger partial charge < -0.3 is 9.88 Å². The Bertz CT molecular complexity index is 1300. The van der Waals surface area contributed by atoms with Crippen LogP contribution in [0, 0.1) is 0 Å². The Morgan fingerprint density at radius 2 is 2.08 bits per heavy atom. The number of nitrogens with one attached hydrogen (secondary N) is 1. The predicted molar refractivity (Wildman–Crippen MR) is 101 cm³/mol. The van der Waals surface area contributed by atoms with Crippen LogP contribution >= 0.6 is 11.6 Å². The number of carbonyl (C=O) groups is 1. The fourth-order valence-corrected chi connectivity index (χ4v) is 2.71. The molecule has 128 valence electrons. The van der Waals surface area contributed by atoms with Crippen molar-refractivity contribution in [1.82, 2.24) is 19.7 Å². The summed E-state index contributed by atoms with van der Waals surface area (Å²) < 4.78 is 33.0. The molecule has 1 N–H and O–H groups in total. The fourth-order valence-electron chi connectivity index (χ4n) is 2.53. The summed E-state index contributed by atoms with van der Waals surface area (Å²) in [7, 11) is 1.88. The molecular formula is C19H14ClN5O. The Morgan fingerprint density at radius 1 is 1.23 bits per heavy atom. The van der Waals surface area contributed by atoms with Gasteiger partial charge in [-0.05, 0) is 30.3 Å². The van der Waals surface area contributed by atoms with Gasteiger partial charge in [0.15, 0.2) is 5.82 Å². The van der Waals surface area contributed by atoms with Gasteiger partial charge in [-0.3, -0.25) is 4.79 Å². The van der Waals surface area contributed by atoms with Gasteiger partial charge in [-0.15, -0.1) is 10.2 Å². The number of aryl methyl sites for hydroxylation is 1. The van der Waals surface area contributed by atoms with Crippen LogP contribution in [-0.2, 0) is 7.05 Å². The molecule has 2 heterocycles. The maximum Gasteiger partial charge on any atom is 0.258 e. The molecule has 0 unspecified atom stereocenters. The summed E-state index contributed by atoms with van der Waals surface area (Å²) in [5.41, 5.74) is 2.09. The number of hydrogen-bond donors (Lipinski definition) is 1. The Hall–Kier alpha value is -3.25. The standard InChI is InChI=1S/C19H14ClN5O/c1-25-11-21-10-17(25)12-6-7-16-13(8-12)9-18(24-23-16)22-19(26)14-4-2-3-5-15(14)20/h2-11H,1H3,(H,22,24,26)/i2D,3D,4D,5D. The molecule has 0 saturated heterocycles. The molecule has 0 radical (unpaired) electrons. The zero-order valence-electron chi connectivity index (χ0n) is 17.5. The van der Waals surface area contributed by atoms with Gasteiger partial charge in [0.2, 0.25) is 0 Å². The minimum absolute atomic E-state index is 0.123. The minimum Gasteiger partial charge on any atom is -0.334 e. The topological polar surface area (TPSA) is 72.7 Å². The van der Waals surface area contributed by atoms with E-state index >= 15 is 0 Å². The molecule has 0 aliphatic heterocycles. The van der Waals surface area contributed by atoms with Crippen molar-refractivity contribution in [1.29, 1.82) is 0 Å². The second-order valence-corrected chi connectivity index (χ2v) is 5.91. The number of halogens is 1. The average Bonchev–Trinajstić information content (AvgIpc) is 3.16. The number of rotatable bonds is 3. The quantitative estimate of drug-likeness (QED) is 0.595. The van der Waals surface area contributed by atoms with Crippen molar-refractivity contribution >= 4 is 34.2 Å². The Morgan fingerprint density at radius 3 is 2.88 bits per heavy atom. The number of imidazole rings is 1. The molecule has 2 aromatic carbocycles. The number of benzene rings is 2. The first-order chi connectivity index (χ1) is 14.3. The number of carbonyl (C=O) groups excluding carboxylic acids is 1. The molecular weight excluding hydrogens is 350 g/mol. The van der Waals surface area contributed by atoms with E-state index in [9.17, 15) is 4.79 Å². The number of aromatic nitrogens is 4. The molecule has 6 nitrogen and oxygen atoms in total. The molecule has 0 spiro atoms. The molecule has 2 aromatic heterocycles. The fraction of sp³-hybridized carbons (Fsp3) is 0.0526. The minimum atomic E-state index is -0.802. The number of anilines is 1. The molecule has 1 amide bonds. The van der Waals surface area contributed by atoms with Gasteiger partial charge in [-0.1, -0.05) is 29.8 Å². The zero-order chi connectivity index (χ0) is 21.6. The lowest BCUT2D eigenvalue weighted by atomic mass is 10.1. The highest BCUT2D eigenvalue weighted by molar-refractivity contribution is 6.34. The second kappa shape index (κ2) is 6.57. The van der Waals surface area contributed by atoms with Crippen LogP contribution in [0.1, 0.15) is 15.8 Å². The van der Waals surface area contributed by atoms with E-state index in [2.05, 4.69) is 20.5 Å². The largest absolute Gasteiger partial charge is 0.334 e. The molecule has 0 fully saturated rings. The Labute approximate surface area is 160 Å². The SMILES string of the molecule is [2H]c1c([2H])c([2H])c(C(=O)Nc2cc3cc(-c4cncn4C)ccc3nn2)c(Cl)c1[2H]. The first-order valence-corrected chi connectivity index (χ1v) is 7.97. The van der Waals surface area contributed by atoms with Gasteiger partial charge in [-0.25, -0.2) is 4.98 Å². The van der Waals surface area contributed by atoms with Crippen molar-refractivity contribution in [2.75, 3.05) is 5.32 Å². The molecule has 26 heavy (non-hydrogen) atoms. The van der Waals surface area contributed by atoms with Crippen molar-refractivity contribution < 1.29 is 10.3 Å². The number of hydrogen-bond acceptors (Lipinski definition) is 4. The van der Waals surface area contributed by atoms with Gasteiger partial charge in [0.05, 0.1) is 39.8 Å². The monoisotopic (exact) mass is 367 g/mol. The van der Waals surface area contributed by atoms with E-state index in [0.717, 1.165) is 16.6 Å². The van der Waals surface area contributed by atoms with E-state index in [1.807, 2.05) is 23.7 Å². The van der Waals surface area contributed by atoms with E-state index in [-0.39, 0.29) is 16.4 Å². The van der Waals surface area contributed by atoms with Crippen LogP contribution in [-0.4, -0.2) is 25.7 Å². The second-order valence-electron chi connectivity index (χ2n) is 5.54. The van der Waals surface area contributed by atoms with Crippen LogP contribution in [0.25, 0.3) is 22.2 Å². The summed E-state index contributed by atoms with van der Waals surface area (Å²) in [5, 5.41) is 10.9. The first-order valence-electron chi connectivity index (χ1n) is 9.59. The third-order valence-corrected chi connectivity index (χ3v) is 4.09. The van der Waals surface area contributed by atoms with E-state index in [1.54, 1.807) is 24.7 Å². The van der Waals surface area contributed by atoms with Crippen molar-refractivity contribution in [2.45, 2.75) is 0 Å². The van der Waals surface area contributed by atoms with Crippen molar-refractivity contribution in [3.63, 3.8) is 0 Å². The predicted octanol–water partition coefficient (Wildman–Crippen LogP) is 3.94. The summed E-state index contributed by atoms with van der Waals surface area (Å²) in [6.07, 6.45) is 3.44. The lowest BCUT2D eigenvalue weighted by Crippen LogP contribution is -2.13. The summed E-state index contributed by atoms with van der Waals surface area (Å²) in [5.74, 6) is -0.679. The van der Waals surface area contributed by atoms with Crippen molar-refractivity contribution in [2.24, 2.45) is 7.05 Å². The third kappa shape index (κ3) is 3.02. The smallest absolute Gasteiger partial charge is 0.258 e. The Kier molecular flexibility index (Phi) is 3.07. The first kappa shape index (κ1) is 12.2. The van der Waals surface area contributed by atoms with Gasteiger partial charge in [0.1, 0.15) is 0 Å². The highest BCUT2D eigenvalue weighted by Gasteiger charge is 2.12. The zero-order valence-corrected chi connectivity index (χ0v) is 14.3. The number of nitrogens with zero attached hydrogens (tertiary/aromatic N) is 4. The van der Waals surface area contributed by atoms with Gasteiger partial charge in [-0.2, -0.15) is 0 Å². The molecule has 0 aliphatic carbocycles. The molecule has 0 atom stereocenters. The van der Waals surface area contributed by atoms with Crippen LogP contribution in [0.5, 0.6) is 0 Å². The third-order valence-electron chi connectivity index (χ3n) is 3.81. The molecule has 0 aliphatic rings. The molecule has 0 bridgehead atoms. The Balaban J connectivity index is 1.71. The van der Waals surface area contributed by atoms with Gasteiger partial charge in [0.25, 0.3) is 5.91 Å². The van der Waals surface area contributed by atoms with E-state index in [1.165, 1.54) is 0 Å². The average molecular weight is 368 g/mol. The highest BCUT2D eigenvalue weighted by atomic mass is 35.5. The lowest BCUT2D eigenvalue weighted by molar-refractivity contribution is 0.102.